The summed E-state index contributed by atoms with van der Waals surface area (Å²) in [5.41, 5.74) is 1.03. The van der Waals surface area contributed by atoms with Gasteiger partial charge in [0.25, 0.3) is 0 Å². The van der Waals surface area contributed by atoms with E-state index in [0.29, 0.717) is 16.5 Å². The molecule has 1 atom stereocenters. The number of carbonyl (C=O) groups excluding carboxylic acids is 2. The Morgan fingerprint density at radius 2 is 1.73 bits per heavy atom. The van der Waals surface area contributed by atoms with Crippen LogP contribution in [0.1, 0.15) is 6.42 Å². The van der Waals surface area contributed by atoms with Crippen LogP contribution in [0.15, 0.2) is 18.2 Å². The van der Waals surface area contributed by atoms with Gasteiger partial charge in [0.15, 0.2) is 0 Å². The summed E-state index contributed by atoms with van der Waals surface area (Å²) in [6.45, 7) is 3.08. The van der Waals surface area contributed by atoms with E-state index in [1.165, 1.54) is 4.90 Å². The van der Waals surface area contributed by atoms with E-state index in [2.05, 4.69) is 9.80 Å². The second-order valence-electron chi connectivity index (χ2n) is 5.63. The molecule has 3 rings (SSSR count). The first-order valence-electron chi connectivity index (χ1n) is 7.22. The molecule has 0 bridgehead atoms. The zero-order valence-corrected chi connectivity index (χ0v) is 13.8. The summed E-state index contributed by atoms with van der Waals surface area (Å²) < 4.78 is 0. The lowest BCUT2D eigenvalue weighted by Crippen LogP contribution is -2.52. The fraction of sp³-hybridized carbons (Fsp3) is 0.467. The van der Waals surface area contributed by atoms with Crippen molar-refractivity contribution in [2.24, 2.45) is 0 Å². The van der Waals surface area contributed by atoms with Crippen molar-refractivity contribution in [2.75, 3.05) is 38.1 Å². The minimum Gasteiger partial charge on any atom is -0.369 e. The third-order valence-corrected chi connectivity index (χ3v) is 5.12. The smallest absolute Gasteiger partial charge is 0.246 e. The molecule has 2 amide bonds. The maximum Gasteiger partial charge on any atom is 0.246 e. The third kappa shape index (κ3) is 2.81. The highest BCUT2D eigenvalue weighted by molar-refractivity contribution is 6.42. The molecule has 0 aromatic heterocycles. The van der Waals surface area contributed by atoms with Crippen molar-refractivity contribution in [3.63, 3.8) is 0 Å². The Labute approximate surface area is 139 Å². The first-order valence-corrected chi connectivity index (χ1v) is 7.97. The Bertz CT molecular complexity index is 615. The Kier molecular flexibility index (Phi) is 4.30. The van der Waals surface area contributed by atoms with E-state index in [4.69, 9.17) is 23.2 Å². The lowest BCUT2D eigenvalue weighted by atomic mass is 10.1. The van der Waals surface area contributed by atoms with Crippen LogP contribution in [0.2, 0.25) is 10.0 Å². The van der Waals surface area contributed by atoms with Crippen LogP contribution in [0.4, 0.5) is 5.69 Å². The van der Waals surface area contributed by atoms with E-state index in [9.17, 15) is 9.59 Å². The normalized spacial score (nSPS) is 23.5. The molecule has 5 nitrogen and oxygen atoms in total. The topological polar surface area (TPSA) is 43.9 Å². The molecule has 1 aromatic carbocycles. The number of halogens is 2. The Hall–Kier alpha value is -1.30. The number of likely N-dealkylation sites (tertiary alicyclic amines) is 1. The van der Waals surface area contributed by atoms with Crippen molar-refractivity contribution in [2.45, 2.75) is 12.5 Å². The predicted molar refractivity (Wildman–Crippen MR) is 86.4 cm³/mol. The molecule has 0 spiro atoms. The van der Waals surface area contributed by atoms with Crippen molar-refractivity contribution >= 4 is 40.7 Å². The number of benzene rings is 1. The predicted octanol–water partition coefficient (Wildman–Crippen LogP) is 1.87. The van der Waals surface area contributed by atoms with E-state index < -0.39 is 0 Å². The molecule has 1 aromatic rings. The number of carbonyl (C=O) groups is 2. The summed E-state index contributed by atoms with van der Waals surface area (Å²) in [5.74, 6) is -0.185. The van der Waals surface area contributed by atoms with Crippen LogP contribution in [-0.2, 0) is 9.59 Å². The molecule has 118 valence electrons. The van der Waals surface area contributed by atoms with Crippen LogP contribution in [0.5, 0.6) is 0 Å². The van der Waals surface area contributed by atoms with E-state index in [0.717, 1.165) is 31.9 Å². The summed E-state index contributed by atoms with van der Waals surface area (Å²) >= 11 is 12.0. The van der Waals surface area contributed by atoms with Crippen LogP contribution in [0.3, 0.4) is 0 Å². The molecule has 0 N–H and O–H groups in total. The van der Waals surface area contributed by atoms with Gasteiger partial charge in [-0.25, -0.2) is 0 Å². The van der Waals surface area contributed by atoms with Gasteiger partial charge in [0, 0.05) is 38.9 Å². The molecule has 2 aliphatic heterocycles. The van der Waals surface area contributed by atoms with Gasteiger partial charge in [-0.05, 0) is 18.2 Å². The maximum atomic E-state index is 12.1. The molecule has 2 fully saturated rings. The van der Waals surface area contributed by atoms with Gasteiger partial charge >= 0.3 is 0 Å². The molecule has 0 saturated carbocycles. The summed E-state index contributed by atoms with van der Waals surface area (Å²) in [4.78, 5) is 29.2. The Morgan fingerprint density at radius 1 is 1.05 bits per heavy atom. The Balaban J connectivity index is 1.64. The average Bonchev–Trinajstić information content (AvgIpc) is 2.78. The SMILES string of the molecule is CN1C(=O)C[C@@H](N2CCN(c3ccc(Cl)c(Cl)c3)CC2)C1=O. The third-order valence-electron chi connectivity index (χ3n) is 4.38. The van der Waals surface area contributed by atoms with Crippen LogP contribution in [-0.4, -0.2) is 60.9 Å². The fourth-order valence-electron chi connectivity index (χ4n) is 2.99. The number of hydrogen-bond donors (Lipinski definition) is 0. The van der Waals surface area contributed by atoms with Gasteiger partial charge in [0.1, 0.15) is 0 Å². The number of nitrogens with zero attached hydrogens (tertiary/aromatic N) is 3. The zero-order valence-electron chi connectivity index (χ0n) is 12.3. The molecule has 0 aliphatic carbocycles. The summed E-state index contributed by atoms with van der Waals surface area (Å²) in [6, 6.07) is 5.30. The van der Waals surface area contributed by atoms with Crippen molar-refractivity contribution in [3.8, 4) is 0 Å². The highest BCUT2D eigenvalue weighted by atomic mass is 35.5. The van der Waals surface area contributed by atoms with Crippen molar-refractivity contribution in [3.05, 3.63) is 28.2 Å². The van der Waals surface area contributed by atoms with Gasteiger partial charge in [-0.15, -0.1) is 0 Å². The van der Waals surface area contributed by atoms with Crippen molar-refractivity contribution in [1.82, 2.24) is 9.80 Å². The average molecular weight is 342 g/mol. The molecule has 7 heteroatoms. The lowest BCUT2D eigenvalue weighted by molar-refractivity contribution is -0.138. The monoisotopic (exact) mass is 341 g/mol. The van der Waals surface area contributed by atoms with E-state index in [-0.39, 0.29) is 17.9 Å². The zero-order chi connectivity index (χ0) is 15.9. The highest BCUT2D eigenvalue weighted by Crippen LogP contribution is 2.28. The molecule has 2 saturated heterocycles. The molecule has 2 heterocycles. The van der Waals surface area contributed by atoms with E-state index >= 15 is 0 Å². The van der Waals surface area contributed by atoms with Crippen LogP contribution >= 0.6 is 23.2 Å². The summed E-state index contributed by atoms with van der Waals surface area (Å²) in [5, 5.41) is 1.09. The molecular formula is C15H17Cl2N3O2. The van der Waals surface area contributed by atoms with Gasteiger partial charge in [-0.2, -0.15) is 0 Å². The van der Waals surface area contributed by atoms with Gasteiger partial charge in [0.2, 0.25) is 11.8 Å². The van der Waals surface area contributed by atoms with Crippen molar-refractivity contribution in [1.29, 1.82) is 0 Å². The number of rotatable bonds is 2. The molecule has 0 unspecified atom stereocenters. The van der Waals surface area contributed by atoms with Gasteiger partial charge in [0.05, 0.1) is 22.5 Å². The van der Waals surface area contributed by atoms with Gasteiger partial charge in [-0.3, -0.25) is 19.4 Å². The van der Waals surface area contributed by atoms with Gasteiger partial charge < -0.3 is 4.90 Å². The molecule has 0 radical (unpaired) electrons. The minimum atomic E-state index is -0.298. The van der Waals surface area contributed by atoms with Crippen LogP contribution in [0, 0.1) is 0 Å². The molecule has 22 heavy (non-hydrogen) atoms. The number of imide groups is 1. The van der Waals surface area contributed by atoms with E-state index in [1.54, 1.807) is 13.1 Å². The second kappa shape index (κ2) is 6.07. The number of hydrogen-bond acceptors (Lipinski definition) is 4. The molecule has 2 aliphatic rings. The second-order valence-corrected chi connectivity index (χ2v) is 6.45. The highest BCUT2D eigenvalue weighted by Gasteiger charge is 2.40. The van der Waals surface area contributed by atoms with Crippen LogP contribution in [0.25, 0.3) is 0 Å². The number of anilines is 1. The van der Waals surface area contributed by atoms with Gasteiger partial charge in [-0.1, -0.05) is 23.2 Å². The van der Waals surface area contributed by atoms with E-state index in [1.807, 2.05) is 12.1 Å². The fourth-order valence-corrected chi connectivity index (χ4v) is 3.29. The standard InChI is InChI=1S/C15H17Cl2N3O2/c1-18-14(21)9-13(15(18)22)20-6-4-19(5-7-20)10-2-3-11(16)12(17)8-10/h2-3,8,13H,4-7,9H2,1H3/t13-/m1/s1. The minimum absolute atomic E-state index is 0.0898. The lowest BCUT2D eigenvalue weighted by Gasteiger charge is -2.38. The summed E-state index contributed by atoms with van der Waals surface area (Å²) in [6.07, 6.45) is 0.294. The van der Waals surface area contributed by atoms with Crippen molar-refractivity contribution < 1.29 is 9.59 Å². The number of amides is 2. The largest absolute Gasteiger partial charge is 0.369 e. The number of likely N-dealkylation sites (N-methyl/N-ethyl adjacent to an activating group) is 1. The quantitative estimate of drug-likeness (QED) is 0.770. The number of piperazine rings is 1. The van der Waals surface area contributed by atoms with Crippen LogP contribution < -0.4 is 4.90 Å². The molecular weight excluding hydrogens is 325 g/mol. The maximum absolute atomic E-state index is 12.1. The first-order chi connectivity index (χ1) is 10.5. The Morgan fingerprint density at radius 3 is 2.27 bits per heavy atom. The first kappa shape index (κ1) is 15.6. The summed E-state index contributed by atoms with van der Waals surface area (Å²) in [7, 11) is 1.55.